The van der Waals surface area contributed by atoms with E-state index in [9.17, 15) is 4.79 Å². The summed E-state index contributed by atoms with van der Waals surface area (Å²) in [6, 6.07) is 11.3. The van der Waals surface area contributed by atoms with E-state index in [1.165, 1.54) is 6.33 Å². The van der Waals surface area contributed by atoms with Crippen LogP contribution in [-0.2, 0) is 0 Å². The number of nitrogens with two attached hydrogens (primary N) is 1. The molecule has 0 aliphatic carbocycles. The predicted octanol–water partition coefficient (Wildman–Crippen LogP) is 2.85. The molecule has 0 radical (unpaired) electrons. The van der Waals surface area contributed by atoms with E-state index in [0.717, 1.165) is 23.1 Å². The van der Waals surface area contributed by atoms with Gasteiger partial charge in [-0.25, -0.2) is 9.97 Å². The number of nitrogens with one attached hydrogen (secondary N) is 1. The second kappa shape index (κ2) is 6.85. The van der Waals surface area contributed by atoms with Crippen molar-refractivity contribution in [3.8, 4) is 5.75 Å². The zero-order valence-electron chi connectivity index (χ0n) is 15.3. The average Bonchev–Trinajstić information content (AvgIpc) is 2.67. The molecule has 3 aromatic rings. The smallest absolute Gasteiger partial charge is 0.255 e. The summed E-state index contributed by atoms with van der Waals surface area (Å²) in [5.41, 5.74) is 8.74. The lowest BCUT2D eigenvalue weighted by atomic mass is 9.98. The van der Waals surface area contributed by atoms with Gasteiger partial charge in [-0.05, 0) is 38.4 Å². The molecule has 1 aromatic heterocycles. The first-order valence-electron chi connectivity index (χ1n) is 8.78. The van der Waals surface area contributed by atoms with Crippen molar-refractivity contribution in [2.45, 2.75) is 12.5 Å². The van der Waals surface area contributed by atoms with Crippen LogP contribution in [0.4, 0.5) is 11.5 Å². The van der Waals surface area contributed by atoms with Crippen molar-refractivity contribution in [1.29, 1.82) is 0 Å². The number of hydrogen-bond acceptors (Lipinski definition) is 6. The minimum atomic E-state index is -0.224. The molecular formula is C20H21N5O2. The summed E-state index contributed by atoms with van der Waals surface area (Å²) in [4.78, 5) is 23.1. The Morgan fingerprint density at radius 2 is 2.11 bits per heavy atom. The van der Waals surface area contributed by atoms with Crippen LogP contribution in [0.5, 0.6) is 5.75 Å². The van der Waals surface area contributed by atoms with Crippen LogP contribution in [0.25, 0.3) is 10.9 Å². The first-order chi connectivity index (χ1) is 13.0. The van der Waals surface area contributed by atoms with Gasteiger partial charge in [0.1, 0.15) is 17.9 Å². The monoisotopic (exact) mass is 363 g/mol. The van der Waals surface area contributed by atoms with Crippen molar-refractivity contribution < 1.29 is 9.53 Å². The van der Waals surface area contributed by atoms with Crippen molar-refractivity contribution in [2.24, 2.45) is 0 Å². The summed E-state index contributed by atoms with van der Waals surface area (Å²) >= 11 is 0. The molecule has 0 saturated carbocycles. The summed E-state index contributed by atoms with van der Waals surface area (Å²) in [6.07, 6.45) is 2.31. The van der Waals surface area contributed by atoms with E-state index in [1.807, 2.05) is 32.3 Å². The lowest BCUT2D eigenvalue weighted by Gasteiger charge is -2.31. The average molecular weight is 363 g/mol. The van der Waals surface area contributed by atoms with Gasteiger partial charge in [0, 0.05) is 29.0 Å². The molecule has 2 aromatic carbocycles. The first-order valence-corrected chi connectivity index (χ1v) is 8.78. The van der Waals surface area contributed by atoms with Crippen LogP contribution >= 0.6 is 0 Å². The normalized spacial score (nSPS) is 16.0. The summed E-state index contributed by atoms with van der Waals surface area (Å²) in [5, 5.41) is 3.69. The Morgan fingerprint density at radius 1 is 1.26 bits per heavy atom. The van der Waals surface area contributed by atoms with Gasteiger partial charge in [0.15, 0.2) is 0 Å². The summed E-state index contributed by atoms with van der Waals surface area (Å²) < 4.78 is 5.88. The zero-order valence-corrected chi connectivity index (χ0v) is 15.3. The molecule has 0 fully saturated rings. The number of fused-ring (bicyclic) bond motifs is 2. The zero-order chi connectivity index (χ0) is 19.0. The van der Waals surface area contributed by atoms with Gasteiger partial charge in [0.05, 0.1) is 17.8 Å². The van der Waals surface area contributed by atoms with Gasteiger partial charge in [-0.2, -0.15) is 0 Å². The van der Waals surface area contributed by atoms with Crippen LogP contribution in [0.15, 0.2) is 42.7 Å². The highest BCUT2D eigenvalue weighted by molar-refractivity contribution is 6.07. The minimum Gasteiger partial charge on any atom is -0.491 e. The molecule has 0 bridgehead atoms. The second-order valence-corrected chi connectivity index (χ2v) is 6.79. The number of ether oxygens (including phenoxy) is 1. The number of carbonyl (C=O) groups excluding carboxylic acids is 1. The van der Waals surface area contributed by atoms with Gasteiger partial charge in [0.25, 0.3) is 5.91 Å². The molecule has 27 heavy (non-hydrogen) atoms. The second-order valence-electron chi connectivity index (χ2n) is 6.79. The van der Waals surface area contributed by atoms with Crippen LogP contribution in [0, 0.1) is 0 Å². The first kappa shape index (κ1) is 17.2. The maximum Gasteiger partial charge on any atom is 0.255 e. The number of para-hydroxylation sites is 1. The lowest BCUT2D eigenvalue weighted by molar-refractivity contribution is 0.102. The predicted molar refractivity (Wildman–Crippen MR) is 105 cm³/mol. The molecule has 1 aliphatic rings. The summed E-state index contributed by atoms with van der Waals surface area (Å²) in [6.45, 7) is 0.620. The van der Waals surface area contributed by atoms with E-state index in [1.54, 1.807) is 18.2 Å². The van der Waals surface area contributed by atoms with E-state index >= 15 is 0 Å². The molecule has 1 aliphatic heterocycles. The Bertz CT molecular complexity index is 1020. The highest BCUT2D eigenvalue weighted by Crippen LogP contribution is 2.40. The quantitative estimate of drug-likeness (QED) is 0.743. The van der Waals surface area contributed by atoms with E-state index in [2.05, 4.69) is 20.2 Å². The van der Waals surface area contributed by atoms with Gasteiger partial charge in [0.2, 0.25) is 0 Å². The molecule has 138 valence electrons. The van der Waals surface area contributed by atoms with E-state index in [4.69, 9.17) is 10.5 Å². The van der Waals surface area contributed by atoms with Crippen LogP contribution < -0.4 is 15.8 Å². The number of rotatable bonds is 3. The number of carbonyl (C=O) groups is 1. The van der Waals surface area contributed by atoms with Crippen LogP contribution in [0.2, 0.25) is 0 Å². The third-order valence-electron chi connectivity index (χ3n) is 4.84. The topological polar surface area (TPSA) is 93.4 Å². The maximum absolute atomic E-state index is 12.8. The Kier molecular flexibility index (Phi) is 4.37. The fraction of sp³-hybridized carbons (Fsp3) is 0.250. The fourth-order valence-corrected chi connectivity index (χ4v) is 3.45. The number of hydrogen-bond donors (Lipinski definition) is 2. The number of amides is 1. The van der Waals surface area contributed by atoms with Crippen molar-refractivity contribution in [3.63, 3.8) is 0 Å². The minimum absolute atomic E-state index is 0.224. The van der Waals surface area contributed by atoms with Gasteiger partial charge in [-0.1, -0.05) is 12.1 Å². The number of nitrogen functional groups attached to an aromatic ring is 1. The highest BCUT2D eigenvalue weighted by Gasteiger charge is 2.25. The van der Waals surface area contributed by atoms with Crippen molar-refractivity contribution >= 4 is 28.3 Å². The van der Waals surface area contributed by atoms with Crippen molar-refractivity contribution in [3.05, 3.63) is 53.9 Å². The molecule has 7 heteroatoms. The molecular weight excluding hydrogens is 342 g/mol. The highest BCUT2D eigenvalue weighted by atomic mass is 16.5. The maximum atomic E-state index is 12.8. The molecule has 4 rings (SSSR count). The van der Waals surface area contributed by atoms with Gasteiger partial charge >= 0.3 is 0 Å². The number of benzene rings is 2. The molecule has 1 unspecified atom stereocenters. The molecule has 7 nitrogen and oxygen atoms in total. The molecule has 3 N–H and O–H groups in total. The van der Waals surface area contributed by atoms with Crippen LogP contribution in [-0.4, -0.2) is 41.5 Å². The Labute approximate surface area is 157 Å². The molecule has 1 atom stereocenters. The third kappa shape index (κ3) is 3.17. The Balaban J connectivity index is 1.65. The van der Waals surface area contributed by atoms with Gasteiger partial charge in [-0.15, -0.1) is 0 Å². The molecule has 2 heterocycles. The Hall–Kier alpha value is -3.19. The van der Waals surface area contributed by atoms with Crippen molar-refractivity contribution in [2.75, 3.05) is 31.8 Å². The molecule has 1 amide bonds. The largest absolute Gasteiger partial charge is 0.491 e. The van der Waals surface area contributed by atoms with Gasteiger partial charge < -0.3 is 20.7 Å². The summed E-state index contributed by atoms with van der Waals surface area (Å²) in [7, 11) is 4.10. The van der Waals surface area contributed by atoms with Crippen molar-refractivity contribution in [1.82, 2.24) is 14.9 Å². The number of anilines is 2. The fourth-order valence-electron chi connectivity index (χ4n) is 3.45. The standard InChI is InChI=1S/C20H21N5O2/c1-25(2)17-8-9-27-18-14(17)4-3-5-15(18)24-20(26)12-6-7-13-16(10-12)22-11-23-19(13)21/h3-7,10-11,17H,8-9H2,1-2H3,(H,24,26)(H2,21,22,23). The number of nitrogens with zero attached hydrogens (tertiary/aromatic N) is 3. The molecule has 0 saturated heterocycles. The van der Waals surface area contributed by atoms with E-state index in [0.29, 0.717) is 29.2 Å². The Morgan fingerprint density at radius 3 is 2.93 bits per heavy atom. The van der Waals surface area contributed by atoms with Gasteiger partial charge in [-0.3, -0.25) is 4.79 Å². The van der Waals surface area contributed by atoms with E-state index in [-0.39, 0.29) is 11.9 Å². The summed E-state index contributed by atoms with van der Waals surface area (Å²) in [5.74, 6) is 0.911. The van der Waals surface area contributed by atoms with Crippen LogP contribution in [0.1, 0.15) is 28.4 Å². The van der Waals surface area contributed by atoms with E-state index < -0.39 is 0 Å². The van der Waals surface area contributed by atoms with Crippen LogP contribution in [0.3, 0.4) is 0 Å². The SMILES string of the molecule is CN(C)C1CCOc2c(NC(=O)c3ccc4c(N)ncnc4c3)cccc21. The molecule has 0 spiro atoms. The lowest BCUT2D eigenvalue weighted by Crippen LogP contribution is -2.27. The third-order valence-corrected chi connectivity index (χ3v) is 4.84. The number of aromatic nitrogens is 2.